The molecular weight excluding hydrogens is 237 g/mol. The predicted octanol–water partition coefficient (Wildman–Crippen LogP) is 0.497. The van der Waals surface area contributed by atoms with Crippen molar-refractivity contribution in [1.82, 2.24) is 4.72 Å². The molecule has 0 aromatic heterocycles. The lowest BCUT2D eigenvalue weighted by molar-refractivity contribution is -0.135. The summed E-state index contributed by atoms with van der Waals surface area (Å²) in [5.41, 5.74) is 0.317. The van der Waals surface area contributed by atoms with Crippen molar-refractivity contribution >= 4 is 16.0 Å². The van der Waals surface area contributed by atoms with Crippen LogP contribution in [0.5, 0.6) is 0 Å². The second-order valence-electron chi connectivity index (χ2n) is 3.13. The molecule has 0 amide bonds. The van der Waals surface area contributed by atoms with Crippen LogP contribution in [0.1, 0.15) is 5.56 Å². The lowest BCUT2D eigenvalue weighted by atomic mass is 10.2. The molecule has 1 rings (SSSR count). The van der Waals surface area contributed by atoms with Gasteiger partial charge in [0.15, 0.2) is 0 Å². The molecule has 1 aromatic rings. The molecule has 0 saturated heterocycles. The van der Waals surface area contributed by atoms with Gasteiger partial charge in [-0.2, -0.15) is 4.72 Å². The molecule has 0 radical (unpaired) electrons. The topological polar surface area (TPSA) is 83.5 Å². The number of carbonyl (C=O) groups is 1. The number of carboxylic acid groups (broad SMARTS) is 1. The summed E-state index contributed by atoms with van der Waals surface area (Å²) < 4.78 is 37.8. The van der Waals surface area contributed by atoms with E-state index < -0.39 is 28.4 Å². The normalized spacial score (nSPS) is 11.4. The van der Waals surface area contributed by atoms with Gasteiger partial charge in [-0.1, -0.05) is 6.07 Å². The molecule has 0 spiro atoms. The van der Waals surface area contributed by atoms with Gasteiger partial charge in [0.05, 0.1) is 4.90 Å². The van der Waals surface area contributed by atoms with E-state index in [4.69, 9.17) is 5.11 Å². The molecule has 7 heteroatoms. The Balaban J connectivity index is 2.99. The highest BCUT2D eigenvalue weighted by atomic mass is 32.2. The minimum Gasteiger partial charge on any atom is -0.480 e. The van der Waals surface area contributed by atoms with E-state index in [2.05, 4.69) is 0 Å². The molecule has 1 aromatic carbocycles. The van der Waals surface area contributed by atoms with E-state index in [1.807, 2.05) is 4.72 Å². The van der Waals surface area contributed by atoms with Crippen molar-refractivity contribution in [2.45, 2.75) is 11.8 Å². The maximum absolute atomic E-state index is 13.1. The second-order valence-corrected chi connectivity index (χ2v) is 4.90. The van der Waals surface area contributed by atoms with Crippen molar-refractivity contribution in [3.05, 3.63) is 29.6 Å². The zero-order valence-corrected chi connectivity index (χ0v) is 9.21. The molecule has 0 heterocycles. The van der Waals surface area contributed by atoms with E-state index in [1.54, 1.807) is 0 Å². The molecule has 2 N–H and O–H groups in total. The summed E-state index contributed by atoms with van der Waals surface area (Å²) in [6.07, 6.45) is 0. The van der Waals surface area contributed by atoms with Crippen LogP contribution >= 0.6 is 0 Å². The molecule has 0 aliphatic rings. The van der Waals surface area contributed by atoms with E-state index in [9.17, 15) is 17.6 Å². The molecule has 88 valence electrons. The maximum Gasteiger partial charge on any atom is 0.318 e. The van der Waals surface area contributed by atoms with Crippen molar-refractivity contribution in [1.29, 1.82) is 0 Å². The highest BCUT2D eigenvalue weighted by molar-refractivity contribution is 7.89. The van der Waals surface area contributed by atoms with Crippen molar-refractivity contribution < 1.29 is 22.7 Å². The minimum atomic E-state index is -3.97. The number of benzene rings is 1. The number of rotatable bonds is 4. The SMILES string of the molecule is Cc1ccc(S(=O)(=O)NCC(=O)O)cc1F. The molecule has 0 aliphatic carbocycles. The quantitative estimate of drug-likeness (QED) is 0.811. The average Bonchev–Trinajstić information content (AvgIpc) is 2.19. The number of sulfonamides is 1. The van der Waals surface area contributed by atoms with Crippen LogP contribution in [0, 0.1) is 12.7 Å². The summed E-state index contributed by atoms with van der Waals surface area (Å²) in [6.45, 7) is 0.758. The highest BCUT2D eigenvalue weighted by Gasteiger charge is 2.16. The Morgan fingerprint density at radius 3 is 2.62 bits per heavy atom. The fraction of sp³-hybridized carbons (Fsp3) is 0.222. The molecule has 5 nitrogen and oxygen atoms in total. The van der Waals surface area contributed by atoms with Crippen LogP contribution in [-0.2, 0) is 14.8 Å². The summed E-state index contributed by atoms with van der Waals surface area (Å²) in [6, 6.07) is 3.37. The molecule has 0 aliphatic heterocycles. The summed E-state index contributed by atoms with van der Waals surface area (Å²) in [5.74, 6) is -1.96. The van der Waals surface area contributed by atoms with Crippen LogP contribution < -0.4 is 4.72 Å². The summed E-state index contributed by atoms with van der Waals surface area (Å²) in [7, 11) is -3.97. The number of aryl methyl sites for hydroxylation is 1. The number of hydrogen-bond acceptors (Lipinski definition) is 3. The Morgan fingerprint density at radius 2 is 2.12 bits per heavy atom. The van der Waals surface area contributed by atoms with E-state index >= 15 is 0 Å². The van der Waals surface area contributed by atoms with E-state index in [-0.39, 0.29) is 4.90 Å². The van der Waals surface area contributed by atoms with E-state index in [0.29, 0.717) is 5.56 Å². The monoisotopic (exact) mass is 247 g/mol. The van der Waals surface area contributed by atoms with Crippen molar-refractivity contribution in [3.63, 3.8) is 0 Å². The third-order valence-corrected chi connectivity index (χ3v) is 3.27. The number of nitrogens with one attached hydrogen (secondary N) is 1. The Bertz CT molecular complexity index is 512. The van der Waals surface area contributed by atoms with Gasteiger partial charge in [-0.25, -0.2) is 12.8 Å². The first-order valence-electron chi connectivity index (χ1n) is 4.30. The third kappa shape index (κ3) is 3.01. The second kappa shape index (κ2) is 4.58. The maximum atomic E-state index is 13.1. The van der Waals surface area contributed by atoms with Crippen LogP contribution in [-0.4, -0.2) is 26.0 Å². The van der Waals surface area contributed by atoms with Gasteiger partial charge in [-0.3, -0.25) is 4.79 Å². The number of hydrogen-bond donors (Lipinski definition) is 2. The van der Waals surface area contributed by atoms with Gasteiger partial charge < -0.3 is 5.11 Å². The zero-order valence-electron chi connectivity index (χ0n) is 8.40. The first-order chi connectivity index (χ1) is 7.33. The largest absolute Gasteiger partial charge is 0.480 e. The molecule has 16 heavy (non-hydrogen) atoms. The fourth-order valence-corrected chi connectivity index (χ4v) is 1.97. The summed E-state index contributed by atoms with van der Waals surface area (Å²) in [5, 5.41) is 8.32. The highest BCUT2D eigenvalue weighted by Crippen LogP contribution is 2.13. The molecule has 0 bridgehead atoms. The Labute approximate surface area is 92.0 Å². The summed E-state index contributed by atoms with van der Waals surface area (Å²) >= 11 is 0. The van der Waals surface area contributed by atoms with Gasteiger partial charge in [0.2, 0.25) is 10.0 Å². The van der Waals surface area contributed by atoms with Gasteiger partial charge in [-0.05, 0) is 24.6 Å². The lowest BCUT2D eigenvalue weighted by Crippen LogP contribution is -2.29. The van der Waals surface area contributed by atoms with Gasteiger partial charge >= 0.3 is 5.97 Å². The van der Waals surface area contributed by atoms with Crippen molar-refractivity contribution in [2.75, 3.05) is 6.54 Å². The first-order valence-corrected chi connectivity index (χ1v) is 5.79. The van der Waals surface area contributed by atoms with Gasteiger partial charge in [0.25, 0.3) is 0 Å². The molecule has 0 unspecified atom stereocenters. The number of carboxylic acids is 1. The van der Waals surface area contributed by atoms with Crippen LogP contribution in [0.4, 0.5) is 4.39 Å². The minimum absolute atomic E-state index is 0.295. The molecular formula is C9H10FNO4S. The third-order valence-electron chi connectivity index (χ3n) is 1.87. The molecule has 0 atom stereocenters. The summed E-state index contributed by atoms with van der Waals surface area (Å²) in [4.78, 5) is 9.90. The van der Waals surface area contributed by atoms with Crippen molar-refractivity contribution in [2.24, 2.45) is 0 Å². The van der Waals surface area contributed by atoms with Crippen LogP contribution in [0.25, 0.3) is 0 Å². The van der Waals surface area contributed by atoms with E-state index in [1.165, 1.54) is 19.1 Å². The molecule has 0 saturated carbocycles. The Morgan fingerprint density at radius 1 is 1.50 bits per heavy atom. The Hall–Kier alpha value is -1.47. The van der Waals surface area contributed by atoms with Crippen LogP contribution in [0.3, 0.4) is 0 Å². The zero-order chi connectivity index (χ0) is 12.3. The van der Waals surface area contributed by atoms with Gasteiger partial charge in [0.1, 0.15) is 12.4 Å². The lowest BCUT2D eigenvalue weighted by Gasteiger charge is -2.05. The molecule has 0 fully saturated rings. The fourth-order valence-electron chi connectivity index (χ4n) is 0.981. The van der Waals surface area contributed by atoms with Crippen molar-refractivity contribution in [3.8, 4) is 0 Å². The number of aliphatic carboxylic acids is 1. The average molecular weight is 247 g/mol. The standard InChI is InChI=1S/C9H10FNO4S/c1-6-2-3-7(4-8(6)10)16(14,15)11-5-9(12)13/h2-4,11H,5H2,1H3,(H,12,13). The van der Waals surface area contributed by atoms with Crippen LogP contribution in [0.15, 0.2) is 23.1 Å². The number of halogens is 1. The van der Waals surface area contributed by atoms with Gasteiger partial charge in [-0.15, -0.1) is 0 Å². The van der Waals surface area contributed by atoms with Gasteiger partial charge in [0, 0.05) is 0 Å². The predicted molar refractivity (Wildman–Crippen MR) is 54.0 cm³/mol. The first kappa shape index (κ1) is 12.6. The Kier molecular flexibility index (Phi) is 3.61. The van der Waals surface area contributed by atoms with Crippen LogP contribution in [0.2, 0.25) is 0 Å². The van der Waals surface area contributed by atoms with E-state index in [0.717, 1.165) is 6.07 Å². The smallest absolute Gasteiger partial charge is 0.318 e.